The number of carbonyl (C=O) groups is 2. The maximum atomic E-state index is 14.9. The van der Waals surface area contributed by atoms with Crippen LogP contribution in [0, 0.1) is 5.82 Å². The highest BCUT2D eigenvalue weighted by atomic mass is 32.1. The minimum atomic E-state index is -0.996. The molecule has 2 N–H and O–H groups in total. The molecule has 0 saturated carbocycles. The van der Waals surface area contributed by atoms with Gasteiger partial charge in [-0.2, -0.15) is 0 Å². The number of nitrogens with one attached hydrogen (secondary N) is 1. The van der Waals surface area contributed by atoms with Gasteiger partial charge in [0.2, 0.25) is 0 Å². The Morgan fingerprint density at radius 3 is 2.37 bits per heavy atom. The summed E-state index contributed by atoms with van der Waals surface area (Å²) in [5.74, 6) is -1.48. The molecule has 1 heterocycles. The van der Waals surface area contributed by atoms with E-state index in [4.69, 9.17) is 0 Å². The highest BCUT2D eigenvalue weighted by molar-refractivity contribution is 7.17. The van der Waals surface area contributed by atoms with Crippen molar-refractivity contribution >= 4 is 44.1 Å². The number of aromatic carboxylic acids is 1. The quantitative estimate of drug-likeness (QED) is 0.206. The van der Waals surface area contributed by atoms with Crippen molar-refractivity contribution < 1.29 is 19.1 Å². The normalized spacial score (nSPS) is 12.0. The highest BCUT2D eigenvalue weighted by Gasteiger charge is 2.20. The maximum absolute atomic E-state index is 14.9. The van der Waals surface area contributed by atoms with Gasteiger partial charge >= 0.3 is 5.97 Å². The van der Waals surface area contributed by atoms with Gasteiger partial charge in [0.1, 0.15) is 5.82 Å². The molecule has 0 spiro atoms. The summed E-state index contributed by atoms with van der Waals surface area (Å²) in [4.78, 5) is 25.1. The molecule has 1 atom stereocenters. The molecule has 0 radical (unpaired) electrons. The minimum Gasteiger partial charge on any atom is -0.478 e. The zero-order valence-corrected chi connectivity index (χ0v) is 23.0. The number of carbonyl (C=O) groups excluding carboxylic acids is 1. The lowest BCUT2D eigenvalue weighted by molar-refractivity contribution is 0.0696. The van der Waals surface area contributed by atoms with E-state index in [1.165, 1.54) is 12.1 Å². The Morgan fingerprint density at radius 1 is 0.878 bits per heavy atom. The number of hydrogen-bond acceptors (Lipinski definition) is 3. The summed E-state index contributed by atoms with van der Waals surface area (Å²) < 4.78 is 15.9. The van der Waals surface area contributed by atoms with Crippen LogP contribution in [0.4, 0.5) is 4.39 Å². The standard InChI is InChI=1S/C35H26FNO3S/c1-21(23-11-13-25(14-12-23)35(39)40)37-34(38)30-18-27(24-7-3-2-4-8-24)19-32-33(30)28(20-41-32)16-22-15-26-9-5-6-10-29(26)31(36)17-22/h2-15,17-21H,16H2,1H3,(H,37,38)(H,39,40)/t21-/m0/s1. The Labute approximate surface area is 240 Å². The fourth-order valence-corrected chi connectivity index (χ4v) is 6.28. The van der Waals surface area contributed by atoms with Gasteiger partial charge in [0.15, 0.2) is 0 Å². The molecular weight excluding hydrogens is 533 g/mol. The number of carboxylic acid groups (broad SMARTS) is 1. The second-order valence-corrected chi connectivity index (χ2v) is 11.0. The van der Waals surface area contributed by atoms with Crippen molar-refractivity contribution in [2.45, 2.75) is 19.4 Å². The average molecular weight is 560 g/mol. The number of fused-ring (bicyclic) bond motifs is 2. The molecular formula is C35H26FNO3S. The van der Waals surface area contributed by atoms with Crippen LogP contribution < -0.4 is 5.32 Å². The van der Waals surface area contributed by atoms with E-state index < -0.39 is 5.97 Å². The zero-order valence-electron chi connectivity index (χ0n) is 22.2. The van der Waals surface area contributed by atoms with Crippen LogP contribution in [-0.4, -0.2) is 17.0 Å². The molecule has 5 aromatic carbocycles. The van der Waals surface area contributed by atoms with Crippen molar-refractivity contribution in [3.05, 3.63) is 142 Å². The summed E-state index contributed by atoms with van der Waals surface area (Å²) in [5, 5.41) is 16.7. The third-order valence-electron chi connectivity index (χ3n) is 7.37. The summed E-state index contributed by atoms with van der Waals surface area (Å²) >= 11 is 1.57. The summed E-state index contributed by atoms with van der Waals surface area (Å²) in [7, 11) is 0. The Hall–Kier alpha value is -4.81. The first-order valence-corrected chi connectivity index (χ1v) is 14.2. The number of amides is 1. The van der Waals surface area contributed by atoms with Crippen LogP contribution in [0.15, 0.2) is 109 Å². The zero-order chi connectivity index (χ0) is 28.5. The summed E-state index contributed by atoms with van der Waals surface area (Å²) in [6.45, 7) is 1.87. The summed E-state index contributed by atoms with van der Waals surface area (Å²) in [5.41, 5.74) is 5.29. The lowest BCUT2D eigenvalue weighted by Gasteiger charge is -2.17. The highest BCUT2D eigenvalue weighted by Crippen LogP contribution is 2.36. The smallest absolute Gasteiger partial charge is 0.335 e. The van der Waals surface area contributed by atoms with Gasteiger partial charge in [-0.25, -0.2) is 9.18 Å². The predicted octanol–water partition coefficient (Wildman–Crippen LogP) is 8.64. The van der Waals surface area contributed by atoms with Crippen LogP contribution in [0.1, 0.15) is 50.4 Å². The maximum Gasteiger partial charge on any atom is 0.335 e. The lowest BCUT2D eigenvalue weighted by atomic mass is 9.95. The van der Waals surface area contributed by atoms with E-state index in [1.807, 2.05) is 67.6 Å². The number of thiophene rings is 1. The third-order valence-corrected chi connectivity index (χ3v) is 8.35. The van der Waals surface area contributed by atoms with Gasteiger partial charge in [0.25, 0.3) is 5.91 Å². The van der Waals surface area contributed by atoms with Crippen molar-refractivity contribution in [3.63, 3.8) is 0 Å². The van der Waals surface area contributed by atoms with E-state index >= 15 is 0 Å². The van der Waals surface area contributed by atoms with Gasteiger partial charge in [0.05, 0.1) is 11.6 Å². The molecule has 0 aliphatic carbocycles. The molecule has 0 unspecified atom stereocenters. The van der Waals surface area contributed by atoms with Crippen molar-refractivity contribution in [1.29, 1.82) is 0 Å². The fraction of sp³-hybridized carbons (Fsp3) is 0.0857. The fourth-order valence-electron chi connectivity index (χ4n) is 5.26. The Kier molecular flexibility index (Phi) is 7.08. The molecule has 0 aliphatic heterocycles. The molecule has 0 bridgehead atoms. The first kappa shape index (κ1) is 26.4. The van der Waals surface area contributed by atoms with Crippen LogP contribution in [0.2, 0.25) is 0 Å². The SMILES string of the molecule is C[C@H](NC(=O)c1cc(-c2ccccc2)cc2scc(Cc3cc(F)c4ccccc4c3)c12)c1ccc(C(=O)O)cc1. The van der Waals surface area contributed by atoms with E-state index in [9.17, 15) is 19.1 Å². The Bertz CT molecular complexity index is 1910. The molecule has 0 aliphatic rings. The van der Waals surface area contributed by atoms with Gasteiger partial charge in [0, 0.05) is 21.0 Å². The molecule has 1 aromatic heterocycles. The molecule has 6 heteroatoms. The molecule has 0 saturated heterocycles. The van der Waals surface area contributed by atoms with Crippen LogP contribution >= 0.6 is 11.3 Å². The molecule has 1 amide bonds. The Morgan fingerprint density at radius 2 is 1.61 bits per heavy atom. The van der Waals surface area contributed by atoms with E-state index in [1.54, 1.807) is 35.6 Å². The molecule has 6 aromatic rings. The van der Waals surface area contributed by atoms with E-state index in [0.29, 0.717) is 17.4 Å². The monoisotopic (exact) mass is 559 g/mol. The van der Waals surface area contributed by atoms with E-state index in [0.717, 1.165) is 43.3 Å². The first-order valence-electron chi connectivity index (χ1n) is 13.3. The van der Waals surface area contributed by atoms with Gasteiger partial charge in [-0.3, -0.25) is 4.79 Å². The molecule has 0 fully saturated rings. The van der Waals surface area contributed by atoms with Gasteiger partial charge in [-0.1, -0.05) is 72.8 Å². The largest absolute Gasteiger partial charge is 0.478 e. The molecule has 6 rings (SSSR count). The summed E-state index contributed by atoms with van der Waals surface area (Å²) in [6.07, 6.45) is 0.485. The second kappa shape index (κ2) is 11.0. The number of hydrogen-bond donors (Lipinski definition) is 2. The van der Waals surface area contributed by atoms with Gasteiger partial charge < -0.3 is 10.4 Å². The van der Waals surface area contributed by atoms with E-state index in [2.05, 4.69) is 16.8 Å². The van der Waals surface area contributed by atoms with Crippen LogP contribution in [0.3, 0.4) is 0 Å². The predicted molar refractivity (Wildman–Crippen MR) is 163 cm³/mol. The molecule has 202 valence electrons. The third kappa shape index (κ3) is 5.34. The number of halogens is 1. The molecule has 4 nitrogen and oxygen atoms in total. The first-order chi connectivity index (χ1) is 19.9. The van der Waals surface area contributed by atoms with Crippen LogP contribution in [-0.2, 0) is 6.42 Å². The van der Waals surface area contributed by atoms with Crippen LogP contribution in [0.5, 0.6) is 0 Å². The van der Waals surface area contributed by atoms with E-state index in [-0.39, 0.29) is 23.3 Å². The minimum absolute atomic E-state index is 0.192. The second-order valence-electron chi connectivity index (χ2n) is 10.1. The van der Waals surface area contributed by atoms with Gasteiger partial charge in [-0.15, -0.1) is 11.3 Å². The van der Waals surface area contributed by atoms with Crippen molar-refractivity contribution in [2.24, 2.45) is 0 Å². The topological polar surface area (TPSA) is 66.4 Å². The van der Waals surface area contributed by atoms with Crippen LogP contribution in [0.25, 0.3) is 32.0 Å². The summed E-state index contributed by atoms with van der Waals surface area (Å²) in [6, 6.07) is 31.1. The number of benzene rings is 5. The average Bonchev–Trinajstić information content (AvgIpc) is 3.39. The molecule has 41 heavy (non-hydrogen) atoms. The van der Waals surface area contributed by atoms with Crippen molar-refractivity contribution in [2.75, 3.05) is 0 Å². The van der Waals surface area contributed by atoms with Crippen molar-refractivity contribution in [1.82, 2.24) is 5.32 Å². The lowest BCUT2D eigenvalue weighted by Crippen LogP contribution is -2.27. The number of rotatable bonds is 7. The Balaban J connectivity index is 1.40. The van der Waals surface area contributed by atoms with Crippen molar-refractivity contribution in [3.8, 4) is 11.1 Å². The van der Waals surface area contributed by atoms with Gasteiger partial charge in [-0.05, 0) is 82.3 Å². The number of carboxylic acids is 1.